The number of benzene rings is 2. The molecule has 2 aromatic rings. The van der Waals surface area contributed by atoms with Crippen LogP contribution in [0.15, 0.2) is 48.5 Å². The fraction of sp³-hybridized carbons (Fsp3) is 0.300. The first-order chi connectivity index (χ1) is 13.1. The van der Waals surface area contributed by atoms with Crippen molar-refractivity contribution in [1.82, 2.24) is 0 Å². The first kappa shape index (κ1) is 21.4. The van der Waals surface area contributed by atoms with E-state index in [1.807, 2.05) is 6.92 Å². The average molecular weight is 404 g/mol. The lowest BCUT2D eigenvalue weighted by Crippen LogP contribution is -2.32. The van der Waals surface area contributed by atoms with Gasteiger partial charge < -0.3 is 10.1 Å². The highest BCUT2D eigenvalue weighted by molar-refractivity contribution is 7.92. The molecule has 0 heterocycles. The molecule has 0 aliphatic rings. The summed E-state index contributed by atoms with van der Waals surface area (Å²) in [4.78, 5) is 24.0. The Morgan fingerprint density at radius 3 is 2.32 bits per heavy atom. The molecule has 0 fully saturated rings. The van der Waals surface area contributed by atoms with Gasteiger partial charge in [-0.3, -0.25) is 13.9 Å². The molecule has 7 nitrogen and oxygen atoms in total. The number of ketones is 1. The van der Waals surface area contributed by atoms with E-state index in [0.717, 1.165) is 10.6 Å². The van der Waals surface area contributed by atoms with E-state index in [1.165, 1.54) is 14.0 Å². The predicted molar refractivity (Wildman–Crippen MR) is 109 cm³/mol. The second-order valence-electron chi connectivity index (χ2n) is 6.37. The first-order valence-electron chi connectivity index (χ1n) is 8.74. The highest BCUT2D eigenvalue weighted by Crippen LogP contribution is 2.22. The quantitative estimate of drug-likeness (QED) is 0.683. The van der Waals surface area contributed by atoms with E-state index in [9.17, 15) is 18.0 Å². The van der Waals surface area contributed by atoms with Gasteiger partial charge in [0.2, 0.25) is 10.0 Å². The molecule has 0 aliphatic heterocycles. The zero-order valence-corrected chi connectivity index (χ0v) is 17.1. The van der Waals surface area contributed by atoms with E-state index in [0.29, 0.717) is 29.1 Å². The second-order valence-corrected chi connectivity index (χ2v) is 8.38. The van der Waals surface area contributed by atoms with E-state index >= 15 is 0 Å². The molecule has 0 unspecified atom stereocenters. The van der Waals surface area contributed by atoms with Gasteiger partial charge in [-0.1, -0.05) is 19.1 Å². The number of Topliss-reactive ketones (excluding diaryl/α,β-unsaturated/α-hetero) is 1. The minimum Gasteiger partial charge on any atom is -0.481 e. The predicted octanol–water partition coefficient (Wildman–Crippen LogP) is 3.08. The van der Waals surface area contributed by atoms with Gasteiger partial charge in [0.15, 0.2) is 11.9 Å². The summed E-state index contributed by atoms with van der Waals surface area (Å²) in [6.07, 6.45) is 0.818. The standard InChI is InChI=1S/C20H24N2O5S/c1-5-19(20(24)21-16-8-6-7-15(13-16)14(2)23)27-18-11-9-17(10-12-18)22(3)28(4,25)26/h6-13,19H,5H2,1-4H3,(H,21,24)/t19-/m1/s1. The van der Waals surface area contributed by atoms with Crippen LogP contribution in [0.25, 0.3) is 0 Å². The number of nitrogens with one attached hydrogen (secondary N) is 1. The smallest absolute Gasteiger partial charge is 0.265 e. The largest absolute Gasteiger partial charge is 0.481 e. The second kappa shape index (κ2) is 8.88. The summed E-state index contributed by atoms with van der Waals surface area (Å²) >= 11 is 0. The zero-order valence-electron chi connectivity index (χ0n) is 16.3. The molecule has 0 aliphatic carbocycles. The SMILES string of the molecule is CC[C@@H](Oc1ccc(N(C)S(C)(=O)=O)cc1)C(=O)Nc1cccc(C(C)=O)c1. The molecule has 8 heteroatoms. The molecular formula is C20H24N2O5S. The van der Waals surface area contributed by atoms with Gasteiger partial charge in [0.1, 0.15) is 5.75 Å². The Hall–Kier alpha value is -2.87. The zero-order chi connectivity index (χ0) is 20.9. The van der Waals surface area contributed by atoms with Crippen molar-refractivity contribution in [3.8, 4) is 5.75 Å². The summed E-state index contributed by atoms with van der Waals surface area (Å²) in [6, 6.07) is 13.1. The Morgan fingerprint density at radius 2 is 1.79 bits per heavy atom. The van der Waals surface area contributed by atoms with Crippen LogP contribution in [0.3, 0.4) is 0 Å². The summed E-state index contributed by atoms with van der Waals surface area (Å²) in [7, 11) is -1.89. The monoisotopic (exact) mass is 404 g/mol. The van der Waals surface area contributed by atoms with Crippen LogP contribution in [-0.2, 0) is 14.8 Å². The van der Waals surface area contributed by atoms with E-state index in [2.05, 4.69) is 5.32 Å². The van der Waals surface area contributed by atoms with Crippen molar-refractivity contribution >= 4 is 33.1 Å². The average Bonchev–Trinajstić information content (AvgIpc) is 2.65. The van der Waals surface area contributed by atoms with Crippen molar-refractivity contribution in [2.45, 2.75) is 26.4 Å². The third kappa shape index (κ3) is 5.56. The third-order valence-electron chi connectivity index (χ3n) is 4.18. The van der Waals surface area contributed by atoms with Gasteiger partial charge >= 0.3 is 0 Å². The van der Waals surface area contributed by atoms with E-state index in [-0.39, 0.29) is 11.7 Å². The molecule has 1 atom stereocenters. The lowest BCUT2D eigenvalue weighted by Gasteiger charge is -2.19. The van der Waals surface area contributed by atoms with E-state index in [1.54, 1.807) is 48.5 Å². The molecule has 0 radical (unpaired) electrons. The molecule has 0 bridgehead atoms. The van der Waals surface area contributed by atoms with Crippen molar-refractivity contribution in [2.75, 3.05) is 22.9 Å². The minimum atomic E-state index is -3.35. The normalized spacial score (nSPS) is 12.1. The van der Waals surface area contributed by atoms with Crippen LogP contribution in [0.4, 0.5) is 11.4 Å². The van der Waals surface area contributed by atoms with Crippen LogP contribution in [0.1, 0.15) is 30.6 Å². The van der Waals surface area contributed by atoms with Crippen molar-refractivity contribution in [1.29, 1.82) is 0 Å². The van der Waals surface area contributed by atoms with Crippen LogP contribution < -0.4 is 14.4 Å². The van der Waals surface area contributed by atoms with Gasteiger partial charge in [-0.15, -0.1) is 0 Å². The van der Waals surface area contributed by atoms with Crippen LogP contribution in [0.5, 0.6) is 5.75 Å². The van der Waals surface area contributed by atoms with Gasteiger partial charge in [-0.25, -0.2) is 8.42 Å². The highest BCUT2D eigenvalue weighted by Gasteiger charge is 2.19. The fourth-order valence-corrected chi connectivity index (χ4v) is 2.96. The number of carbonyl (C=O) groups is 2. The maximum Gasteiger partial charge on any atom is 0.265 e. The number of hydrogen-bond donors (Lipinski definition) is 1. The van der Waals surface area contributed by atoms with Gasteiger partial charge in [0.25, 0.3) is 5.91 Å². The number of hydrogen-bond acceptors (Lipinski definition) is 5. The topological polar surface area (TPSA) is 92.8 Å². The molecule has 1 amide bonds. The highest BCUT2D eigenvalue weighted by atomic mass is 32.2. The van der Waals surface area contributed by atoms with Gasteiger partial charge in [-0.2, -0.15) is 0 Å². The number of anilines is 2. The molecule has 0 aromatic heterocycles. The van der Waals surface area contributed by atoms with Gasteiger partial charge in [0.05, 0.1) is 11.9 Å². The Balaban J connectivity index is 2.08. The molecule has 0 spiro atoms. The van der Waals surface area contributed by atoms with Crippen molar-refractivity contribution in [3.63, 3.8) is 0 Å². The van der Waals surface area contributed by atoms with Crippen LogP contribution >= 0.6 is 0 Å². The number of sulfonamides is 1. The minimum absolute atomic E-state index is 0.0847. The van der Waals surface area contributed by atoms with E-state index < -0.39 is 16.1 Å². The molecule has 28 heavy (non-hydrogen) atoms. The molecule has 0 saturated heterocycles. The number of amides is 1. The molecule has 1 N–H and O–H groups in total. The third-order valence-corrected chi connectivity index (χ3v) is 5.38. The fourth-order valence-electron chi connectivity index (χ4n) is 2.45. The number of ether oxygens (including phenoxy) is 1. The Bertz CT molecular complexity index is 955. The number of nitrogens with zero attached hydrogens (tertiary/aromatic N) is 1. The Kier molecular flexibility index (Phi) is 6.80. The lowest BCUT2D eigenvalue weighted by atomic mass is 10.1. The lowest BCUT2D eigenvalue weighted by molar-refractivity contribution is -0.122. The summed E-state index contributed by atoms with van der Waals surface area (Å²) in [5.74, 6) is 0.0317. The number of carbonyl (C=O) groups excluding carboxylic acids is 2. The Morgan fingerprint density at radius 1 is 1.14 bits per heavy atom. The summed E-state index contributed by atoms with van der Waals surface area (Å²) < 4.78 is 30.1. The maximum atomic E-state index is 12.5. The summed E-state index contributed by atoms with van der Waals surface area (Å²) in [6.45, 7) is 3.28. The van der Waals surface area contributed by atoms with Crippen molar-refractivity contribution in [3.05, 3.63) is 54.1 Å². The molecule has 150 valence electrons. The van der Waals surface area contributed by atoms with Gasteiger partial charge in [0, 0.05) is 18.3 Å². The van der Waals surface area contributed by atoms with Gasteiger partial charge in [-0.05, 0) is 49.7 Å². The number of rotatable bonds is 8. The molecule has 2 rings (SSSR count). The maximum absolute atomic E-state index is 12.5. The van der Waals surface area contributed by atoms with Crippen LogP contribution in [-0.4, -0.2) is 39.5 Å². The molecule has 0 saturated carbocycles. The van der Waals surface area contributed by atoms with E-state index in [4.69, 9.17) is 4.74 Å². The first-order valence-corrected chi connectivity index (χ1v) is 10.6. The summed E-state index contributed by atoms with van der Waals surface area (Å²) in [5, 5.41) is 2.75. The van der Waals surface area contributed by atoms with Crippen LogP contribution in [0, 0.1) is 0 Å². The molecular weight excluding hydrogens is 380 g/mol. The Labute approximate surface area is 165 Å². The molecule has 2 aromatic carbocycles. The van der Waals surface area contributed by atoms with Crippen LogP contribution in [0.2, 0.25) is 0 Å². The van der Waals surface area contributed by atoms with Crippen molar-refractivity contribution < 1.29 is 22.7 Å². The summed E-state index contributed by atoms with van der Waals surface area (Å²) in [5.41, 5.74) is 1.52. The van der Waals surface area contributed by atoms with Crippen molar-refractivity contribution in [2.24, 2.45) is 0 Å².